The van der Waals surface area contributed by atoms with Crippen LogP contribution in [0.4, 0.5) is 0 Å². The van der Waals surface area contributed by atoms with Gasteiger partial charge in [-0.15, -0.1) is 5.10 Å². The summed E-state index contributed by atoms with van der Waals surface area (Å²) in [6.07, 6.45) is 6.87. The lowest BCUT2D eigenvalue weighted by Crippen LogP contribution is -2.55. The lowest BCUT2D eigenvalue weighted by molar-refractivity contribution is 0.0416. The number of rotatable bonds is 2. The van der Waals surface area contributed by atoms with E-state index >= 15 is 0 Å². The molecule has 2 atom stereocenters. The van der Waals surface area contributed by atoms with Crippen LogP contribution in [-0.4, -0.2) is 56.5 Å². The Morgan fingerprint density at radius 3 is 3.11 bits per heavy atom. The number of hydrogen-bond donors (Lipinski definition) is 1. The fourth-order valence-electron chi connectivity index (χ4n) is 4.74. The molecule has 0 radical (unpaired) electrons. The Morgan fingerprint density at radius 1 is 1.25 bits per heavy atom. The number of carbonyl (C=O) groups excluding carboxylic acids is 1. The third-order valence-electron chi connectivity index (χ3n) is 6.19. The monoisotopic (exact) mass is 376 g/mol. The molecule has 28 heavy (non-hydrogen) atoms. The van der Waals surface area contributed by atoms with Gasteiger partial charge >= 0.3 is 0 Å². The van der Waals surface area contributed by atoms with Gasteiger partial charge in [0.2, 0.25) is 0 Å². The summed E-state index contributed by atoms with van der Waals surface area (Å²) in [7, 11) is 0. The van der Waals surface area contributed by atoms with Gasteiger partial charge < -0.3 is 10.2 Å². The van der Waals surface area contributed by atoms with Crippen molar-refractivity contribution in [2.24, 2.45) is 5.92 Å². The summed E-state index contributed by atoms with van der Waals surface area (Å²) >= 11 is 0. The molecule has 7 nitrogen and oxygen atoms in total. The smallest absolute Gasteiger partial charge is 0.276 e. The lowest BCUT2D eigenvalue weighted by atomic mass is 9.84. The molecule has 1 aromatic carbocycles. The van der Waals surface area contributed by atoms with E-state index in [-0.39, 0.29) is 5.91 Å². The van der Waals surface area contributed by atoms with Crippen LogP contribution in [0.15, 0.2) is 36.7 Å². The van der Waals surface area contributed by atoms with Gasteiger partial charge in [0.25, 0.3) is 5.91 Å². The van der Waals surface area contributed by atoms with Crippen LogP contribution in [0.1, 0.15) is 35.4 Å². The second-order valence-corrected chi connectivity index (χ2v) is 7.77. The largest absolute Gasteiger partial charge is 0.334 e. The van der Waals surface area contributed by atoms with Crippen molar-refractivity contribution >= 4 is 16.7 Å². The molecule has 3 aromatic rings. The van der Waals surface area contributed by atoms with Crippen molar-refractivity contribution in [3.63, 3.8) is 0 Å². The van der Waals surface area contributed by atoms with Gasteiger partial charge in [-0.3, -0.25) is 9.78 Å². The molecule has 2 aromatic heterocycles. The minimum absolute atomic E-state index is 0.0160. The van der Waals surface area contributed by atoms with Crippen molar-refractivity contribution in [1.29, 1.82) is 0 Å². The van der Waals surface area contributed by atoms with E-state index in [1.807, 2.05) is 42.3 Å². The van der Waals surface area contributed by atoms with E-state index < -0.39 is 0 Å². The molecule has 4 heterocycles. The van der Waals surface area contributed by atoms with Crippen LogP contribution < -0.4 is 5.32 Å². The number of hydrogen-bond acceptors (Lipinski definition) is 5. The first-order valence-corrected chi connectivity index (χ1v) is 10.0. The molecule has 0 spiro atoms. The number of piperidine rings is 2. The zero-order valence-electron chi connectivity index (χ0n) is 16.0. The van der Waals surface area contributed by atoms with Crippen LogP contribution in [0.3, 0.4) is 0 Å². The number of nitrogens with zero attached hydrogens (tertiary/aromatic N) is 5. The number of carbonyl (C=O) groups is 1. The maximum absolute atomic E-state index is 13.4. The zero-order valence-corrected chi connectivity index (χ0v) is 16.0. The van der Waals surface area contributed by atoms with Crippen molar-refractivity contribution in [3.8, 4) is 5.69 Å². The molecule has 2 saturated heterocycles. The Hall–Kier alpha value is -2.80. The van der Waals surface area contributed by atoms with Crippen LogP contribution >= 0.6 is 0 Å². The van der Waals surface area contributed by atoms with E-state index in [0.717, 1.165) is 54.6 Å². The molecule has 7 heteroatoms. The Bertz CT molecular complexity index is 1020. The highest BCUT2D eigenvalue weighted by Gasteiger charge is 2.37. The molecular formula is C21H24N6O. The summed E-state index contributed by atoms with van der Waals surface area (Å²) in [6.45, 7) is 4.72. The van der Waals surface area contributed by atoms with E-state index in [1.165, 1.54) is 6.42 Å². The molecule has 1 N–H and O–H groups in total. The number of aromatic nitrogens is 4. The van der Waals surface area contributed by atoms with Crippen molar-refractivity contribution < 1.29 is 4.79 Å². The molecule has 5 rings (SSSR count). The summed E-state index contributed by atoms with van der Waals surface area (Å²) < 4.78 is 1.78. The van der Waals surface area contributed by atoms with Crippen molar-refractivity contribution in [3.05, 3.63) is 48.0 Å². The normalized spacial score (nSPS) is 22.2. The molecule has 0 bridgehead atoms. The molecule has 0 saturated carbocycles. The summed E-state index contributed by atoms with van der Waals surface area (Å²) in [5.41, 5.74) is 2.16. The fraction of sp³-hybridized carbons (Fsp3) is 0.429. The van der Waals surface area contributed by atoms with E-state index in [9.17, 15) is 4.79 Å². The molecule has 2 aliphatic rings. The van der Waals surface area contributed by atoms with Crippen LogP contribution in [0.2, 0.25) is 0 Å². The molecule has 0 aliphatic carbocycles. The third-order valence-corrected chi connectivity index (χ3v) is 6.19. The topological polar surface area (TPSA) is 75.9 Å². The molecule has 2 aliphatic heterocycles. The maximum Gasteiger partial charge on any atom is 0.276 e. The second kappa shape index (κ2) is 6.98. The van der Waals surface area contributed by atoms with Gasteiger partial charge in [-0.2, -0.15) is 0 Å². The highest BCUT2D eigenvalue weighted by molar-refractivity contribution is 5.94. The van der Waals surface area contributed by atoms with Crippen LogP contribution in [0.5, 0.6) is 0 Å². The number of benzene rings is 1. The Labute approximate surface area is 163 Å². The van der Waals surface area contributed by atoms with Crippen molar-refractivity contribution in [2.45, 2.75) is 32.2 Å². The van der Waals surface area contributed by atoms with E-state index in [0.29, 0.717) is 17.7 Å². The number of nitrogens with one attached hydrogen (secondary N) is 1. The predicted molar refractivity (Wildman–Crippen MR) is 106 cm³/mol. The first kappa shape index (κ1) is 17.3. The number of amides is 1. The summed E-state index contributed by atoms with van der Waals surface area (Å²) in [4.78, 5) is 19.6. The van der Waals surface area contributed by atoms with Crippen molar-refractivity contribution in [1.82, 2.24) is 30.2 Å². The third kappa shape index (κ3) is 2.77. The van der Waals surface area contributed by atoms with E-state index in [1.54, 1.807) is 10.9 Å². The molecule has 2 unspecified atom stereocenters. The van der Waals surface area contributed by atoms with Gasteiger partial charge in [0.15, 0.2) is 5.69 Å². The number of likely N-dealkylation sites (tertiary alicyclic amines) is 1. The second-order valence-electron chi connectivity index (χ2n) is 7.77. The van der Waals surface area contributed by atoms with Crippen LogP contribution in [0.25, 0.3) is 16.5 Å². The minimum Gasteiger partial charge on any atom is -0.334 e. The Kier molecular flexibility index (Phi) is 4.31. The Balaban J connectivity index is 1.51. The van der Waals surface area contributed by atoms with Gasteiger partial charge in [-0.05, 0) is 57.3 Å². The molecule has 2 fully saturated rings. The van der Waals surface area contributed by atoms with Crippen LogP contribution in [0, 0.1) is 12.8 Å². The Morgan fingerprint density at radius 2 is 2.18 bits per heavy atom. The van der Waals surface area contributed by atoms with E-state index in [4.69, 9.17) is 0 Å². The summed E-state index contributed by atoms with van der Waals surface area (Å²) in [5.74, 6) is 0.564. The summed E-state index contributed by atoms with van der Waals surface area (Å²) in [5, 5.41) is 14.2. The predicted octanol–water partition coefficient (Wildman–Crippen LogP) is 2.34. The summed E-state index contributed by atoms with van der Waals surface area (Å²) in [6, 6.07) is 8.29. The highest BCUT2D eigenvalue weighted by atomic mass is 16.2. The average Bonchev–Trinajstić information content (AvgIpc) is 3.13. The van der Waals surface area contributed by atoms with Gasteiger partial charge in [0.1, 0.15) is 0 Å². The van der Waals surface area contributed by atoms with Gasteiger partial charge in [0.05, 0.1) is 11.4 Å². The SMILES string of the molecule is Cc1c(C(=O)N2CCCC3CNCCC32)nnn1-c1cccc2cnccc12. The first-order chi connectivity index (χ1) is 13.7. The number of fused-ring (bicyclic) bond motifs is 2. The average molecular weight is 376 g/mol. The van der Waals surface area contributed by atoms with Gasteiger partial charge in [0, 0.05) is 35.8 Å². The zero-order chi connectivity index (χ0) is 19.1. The fourth-order valence-corrected chi connectivity index (χ4v) is 4.74. The molecule has 144 valence electrons. The first-order valence-electron chi connectivity index (χ1n) is 10.0. The van der Waals surface area contributed by atoms with E-state index in [2.05, 4.69) is 20.6 Å². The van der Waals surface area contributed by atoms with Crippen LogP contribution in [-0.2, 0) is 0 Å². The highest BCUT2D eigenvalue weighted by Crippen LogP contribution is 2.30. The van der Waals surface area contributed by atoms with Gasteiger partial charge in [-0.1, -0.05) is 17.3 Å². The standard InChI is InChI=1S/C21H24N6O/c1-14-20(21(28)26-11-3-5-16-13-23-10-8-18(16)26)24-25-27(14)19-6-2-4-15-12-22-9-7-17(15)19/h2,4,6-7,9,12,16,18,23H,3,5,8,10-11,13H2,1H3. The molecule has 1 amide bonds. The quantitative estimate of drug-likeness (QED) is 0.743. The van der Waals surface area contributed by atoms with Crippen molar-refractivity contribution in [2.75, 3.05) is 19.6 Å². The molecular weight excluding hydrogens is 352 g/mol. The lowest BCUT2D eigenvalue weighted by Gasteiger charge is -2.44. The van der Waals surface area contributed by atoms with Gasteiger partial charge in [-0.25, -0.2) is 4.68 Å². The maximum atomic E-state index is 13.4. The number of pyridine rings is 1. The minimum atomic E-state index is 0.0160.